The van der Waals surface area contributed by atoms with Gasteiger partial charge >= 0.3 is 0 Å². The van der Waals surface area contributed by atoms with E-state index in [0.29, 0.717) is 29.4 Å². The van der Waals surface area contributed by atoms with E-state index in [-0.39, 0.29) is 16.6 Å². The van der Waals surface area contributed by atoms with Gasteiger partial charge in [0.05, 0.1) is 19.3 Å². The van der Waals surface area contributed by atoms with E-state index in [0.717, 1.165) is 16.8 Å². The standard InChI is InChI=1S/C27H25ClN2O3S/c1-26(2)17-30(24(31)19-10-7-11-21(14-19)33-3)27(34-26)22-15-20(28)12-13-23(22)29(25(27)32)16-18-8-5-4-6-9-18/h4-15H,16-17H2,1-3H3/t27-/m1/s1. The molecule has 174 valence electrons. The van der Waals surface area contributed by atoms with Crippen molar-refractivity contribution in [1.29, 1.82) is 0 Å². The Morgan fingerprint density at radius 3 is 2.56 bits per heavy atom. The lowest BCUT2D eigenvalue weighted by atomic mass is 10.0. The summed E-state index contributed by atoms with van der Waals surface area (Å²) < 4.78 is 4.99. The van der Waals surface area contributed by atoms with Crippen molar-refractivity contribution in [2.45, 2.75) is 30.0 Å². The number of hydrogen-bond donors (Lipinski definition) is 0. The highest BCUT2D eigenvalue weighted by Crippen LogP contribution is 2.60. The van der Waals surface area contributed by atoms with Crippen LogP contribution in [0.4, 0.5) is 5.69 Å². The predicted molar refractivity (Wildman–Crippen MR) is 136 cm³/mol. The average molecular weight is 493 g/mol. The molecule has 1 atom stereocenters. The van der Waals surface area contributed by atoms with Gasteiger partial charge in [-0.25, -0.2) is 0 Å². The highest BCUT2D eigenvalue weighted by Gasteiger charge is 2.63. The molecule has 0 aliphatic carbocycles. The van der Waals surface area contributed by atoms with Crippen LogP contribution in [0.2, 0.25) is 5.02 Å². The topological polar surface area (TPSA) is 49.9 Å². The molecular weight excluding hydrogens is 468 g/mol. The molecule has 34 heavy (non-hydrogen) atoms. The number of ether oxygens (including phenoxy) is 1. The first kappa shape index (κ1) is 22.8. The zero-order chi connectivity index (χ0) is 24.1. The summed E-state index contributed by atoms with van der Waals surface area (Å²) in [5.41, 5.74) is 3.04. The number of carbonyl (C=O) groups excluding carboxylic acids is 2. The third kappa shape index (κ3) is 3.65. The van der Waals surface area contributed by atoms with Gasteiger partial charge in [0.1, 0.15) is 5.75 Å². The molecule has 0 bridgehead atoms. The smallest absolute Gasteiger partial charge is 0.268 e. The Hall–Kier alpha value is -2.96. The predicted octanol–water partition coefficient (Wildman–Crippen LogP) is 5.72. The van der Waals surface area contributed by atoms with E-state index in [4.69, 9.17) is 16.3 Å². The number of hydrogen-bond acceptors (Lipinski definition) is 4. The van der Waals surface area contributed by atoms with Crippen LogP contribution >= 0.6 is 23.4 Å². The van der Waals surface area contributed by atoms with Gasteiger partial charge in [-0.05, 0) is 55.8 Å². The van der Waals surface area contributed by atoms with E-state index in [2.05, 4.69) is 13.8 Å². The summed E-state index contributed by atoms with van der Waals surface area (Å²) in [5.74, 6) is 0.260. The van der Waals surface area contributed by atoms with Gasteiger partial charge in [0.15, 0.2) is 4.87 Å². The molecule has 1 spiro atoms. The summed E-state index contributed by atoms with van der Waals surface area (Å²) in [7, 11) is 1.57. The highest BCUT2D eigenvalue weighted by atomic mass is 35.5. The first-order valence-corrected chi connectivity index (χ1v) is 12.3. The SMILES string of the molecule is COc1cccc(C(=O)N2CC(C)(C)S[C@]23C(=O)N(Cc2ccccc2)c2ccc(Cl)cc23)c1. The van der Waals surface area contributed by atoms with Crippen molar-refractivity contribution in [3.63, 3.8) is 0 Å². The zero-order valence-electron chi connectivity index (χ0n) is 19.2. The quantitative estimate of drug-likeness (QED) is 0.467. The number of nitrogens with zero attached hydrogens (tertiary/aromatic N) is 2. The number of halogens is 1. The van der Waals surface area contributed by atoms with Crippen LogP contribution in [0.25, 0.3) is 0 Å². The van der Waals surface area contributed by atoms with Crippen LogP contribution in [0.1, 0.15) is 35.3 Å². The van der Waals surface area contributed by atoms with Crippen LogP contribution in [-0.4, -0.2) is 35.1 Å². The minimum absolute atomic E-state index is 0.125. The van der Waals surface area contributed by atoms with E-state index in [1.54, 1.807) is 47.2 Å². The van der Waals surface area contributed by atoms with Crippen molar-refractivity contribution in [2.24, 2.45) is 0 Å². The molecule has 7 heteroatoms. The Bertz CT molecular complexity index is 1280. The first-order valence-electron chi connectivity index (χ1n) is 11.1. The zero-order valence-corrected chi connectivity index (χ0v) is 20.8. The molecule has 2 heterocycles. The molecule has 3 aromatic carbocycles. The van der Waals surface area contributed by atoms with Crippen LogP contribution in [-0.2, 0) is 16.2 Å². The molecule has 1 fully saturated rings. The minimum atomic E-state index is -1.20. The van der Waals surface area contributed by atoms with Crippen LogP contribution in [0.5, 0.6) is 5.75 Å². The van der Waals surface area contributed by atoms with Crippen molar-refractivity contribution >= 4 is 40.9 Å². The molecule has 0 radical (unpaired) electrons. The van der Waals surface area contributed by atoms with Crippen molar-refractivity contribution in [3.05, 3.63) is 94.5 Å². The Kier molecular flexibility index (Phi) is 5.61. The molecule has 0 aromatic heterocycles. The fraction of sp³-hybridized carbons (Fsp3) is 0.259. The number of amides is 2. The number of methoxy groups -OCH3 is 1. The van der Waals surface area contributed by atoms with Gasteiger partial charge in [0.25, 0.3) is 11.8 Å². The van der Waals surface area contributed by atoms with Gasteiger partial charge in [0.2, 0.25) is 0 Å². The second-order valence-corrected chi connectivity index (χ2v) is 11.5. The largest absolute Gasteiger partial charge is 0.497 e. The summed E-state index contributed by atoms with van der Waals surface area (Å²) in [4.78, 5) is 30.5. The third-order valence-corrected chi connectivity index (χ3v) is 8.06. The van der Waals surface area contributed by atoms with Crippen LogP contribution in [0, 0.1) is 0 Å². The van der Waals surface area contributed by atoms with Crippen molar-refractivity contribution < 1.29 is 14.3 Å². The Labute approximate surface area is 208 Å². The molecule has 5 nitrogen and oxygen atoms in total. The molecule has 2 aliphatic rings. The van der Waals surface area contributed by atoms with Gasteiger partial charge in [-0.15, -0.1) is 11.8 Å². The summed E-state index contributed by atoms with van der Waals surface area (Å²) in [6.07, 6.45) is 0. The van der Waals surface area contributed by atoms with Crippen molar-refractivity contribution in [2.75, 3.05) is 18.6 Å². The maximum Gasteiger partial charge on any atom is 0.268 e. The normalized spacial score (nSPS) is 20.6. The molecule has 2 amide bonds. The second kappa shape index (κ2) is 8.36. The Morgan fingerprint density at radius 2 is 1.82 bits per heavy atom. The minimum Gasteiger partial charge on any atom is -0.497 e. The van der Waals surface area contributed by atoms with E-state index >= 15 is 0 Å². The number of anilines is 1. The lowest BCUT2D eigenvalue weighted by Crippen LogP contribution is -2.50. The monoisotopic (exact) mass is 492 g/mol. The Balaban J connectivity index is 1.65. The third-order valence-electron chi connectivity index (χ3n) is 6.24. The molecule has 0 N–H and O–H groups in total. The number of rotatable bonds is 4. The van der Waals surface area contributed by atoms with Crippen molar-refractivity contribution in [3.8, 4) is 5.75 Å². The van der Waals surface area contributed by atoms with Gasteiger partial charge < -0.3 is 14.5 Å². The summed E-state index contributed by atoms with van der Waals surface area (Å²) >= 11 is 7.95. The van der Waals surface area contributed by atoms with E-state index < -0.39 is 4.87 Å². The maximum atomic E-state index is 14.3. The molecule has 0 unspecified atom stereocenters. The average Bonchev–Trinajstić information content (AvgIpc) is 3.25. The number of carbonyl (C=O) groups is 2. The molecule has 3 aromatic rings. The first-order chi connectivity index (χ1) is 16.2. The van der Waals surface area contributed by atoms with Gasteiger partial charge in [-0.1, -0.05) is 48.0 Å². The molecule has 0 saturated carbocycles. The van der Waals surface area contributed by atoms with Crippen LogP contribution in [0.3, 0.4) is 0 Å². The summed E-state index contributed by atoms with van der Waals surface area (Å²) in [5, 5.41) is 0.534. The van der Waals surface area contributed by atoms with Crippen LogP contribution in [0.15, 0.2) is 72.8 Å². The van der Waals surface area contributed by atoms with Crippen LogP contribution < -0.4 is 9.64 Å². The molecule has 2 aliphatic heterocycles. The fourth-order valence-electron chi connectivity index (χ4n) is 4.81. The van der Waals surface area contributed by atoms with Gasteiger partial charge in [-0.2, -0.15) is 0 Å². The van der Waals surface area contributed by atoms with E-state index in [1.807, 2.05) is 42.5 Å². The Morgan fingerprint density at radius 1 is 1.06 bits per heavy atom. The number of thioether (sulfide) groups is 1. The van der Waals surface area contributed by atoms with Gasteiger partial charge in [0, 0.05) is 27.4 Å². The van der Waals surface area contributed by atoms with E-state index in [9.17, 15) is 9.59 Å². The molecule has 5 rings (SSSR count). The van der Waals surface area contributed by atoms with E-state index in [1.165, 1.54) is 11.8 Å². The molecular formula is C27H25ClN2O3S. The molecule has 1 saturated heterocycles. The maximum absolute atomic E-state index is 14.3. The van der Waals surface area contributed by atoms with Crippen molar-refractivity contribution in [1.82, 2.24) is 4.90 Å². The fourth-order valence-corrected chi connectivity index (χ4v) is 6.71. The lowest BCUT2D eigenvalue weighted by Gasteiger charge is -2.33. The summed E-state index contributed by atoms with van der Waals surface area (Å²) in [6, 6.07) is 22.4. The second-order valence-electron chi connectivity index (χ2n) is 9.17. The highest BCUT2D eigenvalue weighted by molar-refractivity contribution is 8.02. The van der Waals surface area contributed by atoms with Gasteiger partial charge in [-0.3, -0.25) is 9.59 Å². The number of fused-ring (bicyclic) bond motifs is 2. The lowest BCUT2D eigenvalue weighted by molar-refractivity contribution is -0.123. The summed E-state index contributed by atoms with van der Waals surface area (Å²) in [6.45, 7) is 4.97. The number of benzene rings is 3.